The van der Waals surface area contributed by atoms with E-state index >= 15 is 0 Å². The van der Waals surface area contributed by atoms with Gasteiger partial charge in [0.1, 0.15) is 0 Å². The molecule has 1 amide bonds. The van der Waals surface area contributed by atoms with Gasteiger partial charge in [0.2, 0.25) is 0 Å². The molecule has 0 bridgehead atoms. The van der Waals surface area contributed by atoms with E-state index in [0.29, 0.717) is 6.04 Å². The number of hydrogen-bond donors (Lipinski definition) is 0. The zero-order chi connectivity index (χ0) is 13.9. The van der Waals surface area contributed by atoms with Gasteiger partial charge in [0.25, 0.3) is 5.91 Å². The van der Waals surface area contributed by atoms with Crippen molar-refractivity contribution < 1.29 is 4.79 Å². The third-order valence-corrected chi connectivity index (χ3v) is 4.71. The molecule has 2 heterocycles. The molecule has 0 aromatic heterocycles. The molecule has 0 radical (unpaired) electrons. The first-order valence-corrected chi connectivity index (χ1v) is 7.85. The van der Waals surface area contributed by atoms with Crippen LogP contribution in [0.3, 0.4) is 0 Å². The van der Waals surface area contributed by atoms with Gasteiger partial charge in [0.05, 0.1) is 0 Å². The highest BCUT2D eigenvalue weighted by Crippen LogP contribution is 2.29. The van der Waals surface area contributed by atoms with Gasteiger partial charge < -0.3 is 4.90 Å². The van der Waals surface area contributed by atoms with E-state index in [-0.39, 0.29) is 5.91 Å². The lowest BCUT2D eigenvalue weighted by atomic mass is 9.95. The smallest absolute Gasteiger partial charge is 0.253 e. The van der Waals surface area contributed by atoms with E-state index in [9.17, 15) is 4.79 Å². The number of piperidine rings is 1. The summed E-state index contributed by atoms with van der Waals surface area (Å²) in [6, 6.07) is 8.85. The SMILES string of the molecule is CN1CCCCC1c1ccc(C(=O)N2CCCC2)cc1. The fourth-order valence-corrected chi connectivity index (χ4v) is 3.45. The van der Waals surface area contributed by atoms with Crippen LogP contribution in [0.15, 0.2) is 24.3 Å². The van der Waals surface area contributed by atoms with Gasteiger partial charge in [-0.3, -0.25) is 9.69 Å². The van der Waals surface area contributed by atoms with Crippen molar-refractivity contribution in [3.8, 4) is 0 Å². The summed E-state index contributed by atoms with van der Waals surface area (Å²) in [5, 5.41) is 0. The first-order chi connectivity index (χ1) is 9.75. The first kappa shape index (κ1) is 13.6. The van der Waals surface area contributed by atoms with Crippen molar-refractivity contribution in [1.82, 2.24) is 9.80 Å². The minimum absolute atomic E-state index is 0.200. The standard InChI is InChI=1S/C17H24N2O/c1-18-11-3-2-6-16(18)14-7-9-15(10-8-14)17(20)19-12-4-5-13-19/h7-10,16H,2-6,11-13H2,1H3. The molecule has 3 nitrogen and oxygen atoms in total. The molecule has 1 unspecified atom stereocenters. The van der Waals surface area contributed by atoms with Gasteiger partial charge in [-0.25, -0.2) is 0 Å². The summed E-state index contributed by atoms with van der Waals surface area (Å²) in [4.78, 5) is 16.7. The first-order valence-electron chi connectivity index (χ1n) is 7.85. The summed E-state index contributed by atoms with van der Waals surface area (Å²) in [6.45, 7) is 3.02. The summed E-state index contributed by atoms with van der Waals surface area (Å²) in [6.07, 6.45) is 6.14. The van der Waals surface area contributed by atoms with Gasteiger partial charge in [0, 0.05) is 24.7 Å². The van der Waals surface area contributed by atoms with Gasteiger partial charge in [-0.1, -0.05) is 18.6 Å². The molecule has 0 spiro atoms. The summed E-state index contributed by atoms with van der Waals surface area (Å²) < 4.78 is 0. The quantitative estimate of drug-likeness (QED) is 0.826. The van der Waals surface area contributed by atoms with Crippen molar-refractivity contribution >= 4 is 5.91 Å². The molecule has 1 aromatic carbocycles. The molecule has 108 valence electrons. The predicted octanol–water partition coefficient (Wildman–Crippen LogP) is 3.08. The van der Waals surface area contributed by atoms with E-state index in [1.54, 1.807) is 0 Å². The molecule has 0 aliphatic carbocycles. The van der Waals surface area contributed by atoms with Crippen LogP contribution in [0.5, 0.6) is 0 Å². The molecule has 1 atom stereocenters. The second kappa shape index (κ2) is 5.96. The molecule has 2 aliphatic heterocycles. The second-order valence-corrected chi connectivity index (χ2v) is 6.11. The summed E-state index contributed by atoms with van der Waals surface area (Å²) in [5.74, 6) is 0.200. The minimum atomic E-state index is 0.200. The van der Waals surface area contributed by atoms with Crippen molar-refractivity contribution in [3.05, 3.63) is 35.4 Å². The number of hydrogen-bond acceptors (Lipinski definition) is 2. The van der Waals surface area contributed by atoms with Gasteiger partial charge in [0.15, 0.2) is 0 Å². The number of amides is 1. The molecular weight excluding hydrogens is 248 g/mol. The van der Waals surface area contributed by atoms with Crippen LogP contribution in [-0.4, -0.2) is 42.4 Å². The average Bonchev–Trinajstić information content (AvgIpc) is 3.01. The number of likely N-dealkylation sites (tertiary alicyclic amines) is 2. The van der Waals surface area contributed by atoms with Crippen LogP contribution >= 0.6 is 0 Å². The Kier molecular flexibility index (Phi) is 4.06. The molecule has 2 aliphatic rings. The normalized spacial score (nSPS) is 24.1. The molecule has 20 heavy (non-hydrogen) atoms. The van der Waals surface area contributed by atoms with E-state index < -0.39 is 0 Å². The molecule has 1 aromatic rings. The maximum Gasteiger partial charge on any atom is 0.253 e. The van der Waals surface area contributed by atoms with E-state index in [1.165, 1.54) is 31.4 Å². The lowest BCUT2D eigenvalue weighted by Crippen LogP contribution is -2.30. The highest BCUT2D eigenvalue weighted by atomic mass is 16.2. The molecule has 2 saturated heterocycles. The Morgan fingerprint density at radius 3 is 2.30 bits per heavy atom. The Bertz CT molecular complexity index is 462. The topological polar surface area (TPSA) is 23.6 Å². The Morgan fingerprint density at radius 2 is 1.65 bits per heavy atom. The maximum atomic E-state index is 12.3. The van der Waals surface area contributed by atoms with Crippen LogP contribution < -0.4 is 0 Å². The largest absolute Gasteiger partial charge is 0.339 e. The third-order valence-electron chi connectivity index (χ3n) is 4.71. The van der Waals surface area contributed by atoms with Crippen LogP contribution in [0, 0.1) is 0 Å². The predicted molar refractivity (Wildman–Crippen MR) is 80.8 cm³/mol. The van der Waals surface area contributed by atoms with Crippen LogP contribution in [0.2, 0.25) is 0 Å². The van der Waals surface area contributed by atoms with Crippen molar-refractivity contribution in [3.63, 3.8) is 0 Å². The Balaban J connectivity index is 1.72. The fraction of sp³-hybridized carbons (Fsp3) is 0.588. The van der Waals surface area contributed by atoms with Crippen molar-refractivity contribution in [1.29, 1.82) is 0 Å². The summed E-state index contributed by atoms with van der Waals surface area (Å²) >= 11 is 0. The van der Waals surface area contributed by atoms with Crippen LogP contribution in [0.25, 0.3) is 0 Å². The number of nitrogens with zero attached hydrogens (tertiary/aromatic N) is 2. The molecule has 3 heteroatoms. The zero-order valence-corrected chi connectivity index (χ0v) is 12.3. The average molecular weight is 272 g/mol. The lowest BCUT2D eigenvalue weighted by molar-refractivity contribution is 0.0792. The zero-order valence-electron chi connectivity index (χ0n) is 12.3. The molecule has 2 fully saturated rings. The van der Waals surface area contributed by atoms with E-state index in [0.717, 1.165) is 31.5 Å². The molecule has 0 N–H and O–H groups in total. The molecular formula is C17H24N2O. The van der Waals surface area contributed by atoms with E-state index in [1.807, 2.05) is 17.0 Å². The van der Waals surface area contributed by atoms with E-state index in [4.69, 9.17) is 0 Å². The number of carbonyl (C=O) groups is 1. The van der Waals surface area contributed by atoms with Gasteiger partial charge >= 0.3 is 0 Å². The molecule has 3 rings (SSSR count). The molecule has 0 saturated carbocycles. The number of benzene rings is 1. The van der Waals surface area contributed by atoms with Crippen molar-refractivity contribution in [2.75, 3.05) is 26.7 Å². The fourth-order valence-electron chi connectivity index (χ4n) is 3.45. The maximum absolute atomic E-state index is 12.3. The highest BCUT2D eigenvalue weighted by molar-refractivity contribution is 5.94. The third kappa shape index (κ3) is 2.73. The van der Waals surface area contributed by atoms with Gasteiger partial charge in [-0.15, -0.1) is 0 Å². The number of rotatable bonds is 2. The van der Waals surface area contributed by atoms with Crippen LogP contribution in [-0.2, 0) is 0 Å². The minimum Gasteiger partial charge on any atom is -0.339 e. The summed E-state index contributed by atoms with van der Waals surface area (Å²) in [7, 11) is 2.20. The van der Waals surface area contributed by atoms with Crippen LogP contribution in [0.4, 0.5) is 0 Å². The van der Waals surface area contributed by atoms with E-state index in [2.05, 4.69) is 24.1 Å². The van der Waals surface area contributed by atoms with Crippen molar-refractivity contribution in [2.45, 2.75) is 38.1 Å². The Morgan fingerprint density at radius 1 is 1.00 bits per heavy atom. The Labute approximate surface area is 121 Å². The second-order valence-electron chi connectivity index (χ2n) is 6.11. The monoisotopic (exact) mass is 272 g/mol. The summed E-state index contributed by atoms with van der Waals surface area (Å²) in [5.41, 5.74) is 2.19. The van der Waals surface area contributed by atoms with Crippen molar-refractivity contribution in [2.24, 2.45) is 0 Å². The van der Waals surface area contributed by atoms with Crippen LogP contribution in [0.1, 0.15) is 54.1 Å². The van der Waals surface area contributed by atoms with Gasteiger partial charge in [-0.05, 0) is 57.0 Å². The lowest BCUT2D eigenvalue weighted by Gasteiger charge is -2.32. The van der Waals surface area contributed by atoms with Gasteiger partial charge in [-0.2, -0.15) is 0 Å². The highest BCUT2D eigenvalue weighted by Gasteiger charge is 2.22. The number of carbonyl (C=O) groups excluding carboxylic acids is 1. The Hall–Kier alpha value is -1.35.